The highest BCUT2D eigenvalue weighted by molar-refractivity contribution is 7.10. The molecule has 21 heavy (non-hydrogen) atoms. The average molecular weight is 298 g/mol. The van der Waals surface area contributed by atoms with Crippen molar-refractivity contribution in [3.05, 3.63) is 52.4 Å². The van der Waals surface area contributed by atoms with E-state index in [1.807, 2.05) is 6.07 Å². The Bertz CT molecular complexity index is 597. The summed E-state index contributed by atoms with van der Waals surface area (Å²) in [4.78, 5) is 4.75. The molecule has 1 aromatic heterocycles. The van der Waals surface area contributed by atoms with Crippen LogP contribution in [0, 0.1) is 0 Å². The molecule has 1 fully saturated rings. The normalized spacial score (nSPS) is 15.4. The quantitative estimate of drug-likeness (QED) is 0.604. The van der Waals surface area contributed by atoms with Crippen molar-refractivity contribution in [2.45, 2.75) is 38.6 Å². The van der Waals surface area contributed by atoms with Crippen molar-refractivity contribution >= 4 is 11.3 Å². The summed E-state index contributed by atoms with van der Waals surface area (Å²) in [5, 5.41) is 6.91. The SMILES string of the molecule is CC(=CCCNC1CC1)Cc1nc(-c2ccccc2)cs1. The molecular formula is C18H22N2S. The van der Waals surface area contributed by atoms with Gasteiger partial charge in [0.1, 0.15) is 0 Å². The van der Waals surface area contributed by atoms with Gasteiger partial charge in [-0.3, -0.25) is 0 Å². The van der Waals surface area contributed by atoms with E-state index in [1.54, 1.807) is 11.3 Å². The Hall–Kier alpha value is -1.45. The number of hydrogen-bond donors (Lipinski definition) is 1. The van der Waals surface area contributed by atoms with Gasteiger partial charge in [0.15, 0.2) is 0 Å². The Labute approximate surface area is 130 Å². The van der Waals surface area contributed by atoms with Crippen LogP contribution < -0.4 is 5.32 Å². The number of nitrogens with zero attached hydrogens (tertiary/aromatic N) is 1. The lowest BCUT2D eigenvalue weighted by Crippen LogP contribution is -2.16. The molecule has 1 saturated carbocycles. The van der Waals surface area contributed by atoms with E-state index in [0.29, 0.717) is 0 Å². The fourth-order valence-corrected chi connectivity index (χ4v) is 3.24. The first-order valence-corrected chi connectivity index (χ1v) is 8.58. The maximum absolute atomic E-state index is 4.75. The van der Waals surface area contributed by atoms with Crippen LogP contribution in [0.2, 0.25) is 0 Å². The Morgan fingerprint density at radius 1 is 1.33 bits per heavy atom. The highest BCUT2D eigenvalue weighted by Crippen LogP contribution is 2.23. The summed E-state index contributed by atoms with van der Waals surface area (Å²) < 4.78 is 0. The summed E-state index contributed by atoms with van der Waals surface area (Å²) in [6, 6.07) is 11.2. The van der Waals surface area contributed by atoms with Crippen LogP contribution in [0.25, 0.3) is 11.3 Å². The minimum Gasteiger partial charge on any atom is -0.314 e. The number of rotatable bonds is 7. The van der Waals surface area contributed by atoms with E-state index in [9.17, 15) is 0 Å². The van der Waals surface area contributed by atoms with E-state index in [0.717, 1.165) is 31.1 Å². The number of benzene rings is 1. The Kier molecular flexibility index (Phi) is 4.84. The lowest BCUT2D eigenvalue weighted by atomic mass is 10.1. The first-order chi connectivity index (χ1) is 10.3. The van der Waals surface area contributed by atoms with Crippen LogP contribution in [-0.2, 0) is 6.42 Å². The lowest BCUT2D eigenvalue weighted by Gasteiger charge is -2.01. The molecule has 0 amide bonds. The third kappa shape index (κ3) is 4.51. The van der Waals surface area contributed by atoms with Gasteiger partial charge in [-0.05, 0) is 32.7 Å². The molecule has 110 valence electrons. The van der Waals surface area contributed by atoms with Crippen molar-refractivity contribution < 1.29 is 0 Å². The topological polar surface area (TPSA) is 24.9 Å². The van der Waals surface area contributed by atoms with Crippen molar-refractivity contribution in [1.29, 1.82) is 0 Å². The number of thiazole rings is 1. The van der Waals surface area contributed by atoms with Gasteiger partial charge >= 0.3 is 0 Å². The first-order valence-electron chi connectivity index (χ1n) is 7.70. The molecule has 0 spiro atoms. The Morgan fingerprint density at radius 2 is 2.14 bits per heavy atom. The zero-order valence-corrected chi connectivity index (χ0v) is 13.3. The summed E-state index contributed by atoms with van der Waals surface area (Å²) in [5.41, 5.74) is 3.72. The molecule has 1 N–H and O–H groups in total. The van der Waals surface area contributed by atoms with Gasteiger partial charge in [-0.2, -0.15) is 0 Å². The molecule has 1 heterocycles. The van der Waals surface area contributed by atoms with Crippen LogP contribution in [0.5, 0.6) is 0 Å². The molecule has 3 rings (SSSR count). The van der Waals surface area contributed by atoms with Crippen molar-refractivity contribution in [3.63, 3.8) is 0 Å². The molecule has 2 aromatic rings. The largest absolute Gasteiger partial charge is 0.314 e. The third-order valence-electron chi connectivity index (χ3n) is 3.70. The van der Waals surface area contributed by atoms with E-state index in [2.05, 4.69) is 48.0 Å². The molecule has 0 bridgehead atoms. The highest BCUT2D eigenvalue weighted by atomic mass is 32.1. The number of nitrogens with one attached hydrogen (secondary N) is 1. The summed E-state index contributed by atoms with van der Waals surface area (Å²) >= 11 is 1.76. The van der Waals surface area contributed by atoms with Gasteiger partial charge in [0, 0.05) is 23.4 Å². The minimum atomic E-state index is 0.811. The zero-order valence-electron chi connectivity index (χ0n) is 12.5. The predicted octanol–water partition coefficient (Wildman–Crippen LogP) is 4.44. The second-order valence-electron chi connectivity index (χ2n) is 5.74. The number of allylic oxidation sites excluding steroid dienone is 1. The van der Waals surface area contributed by atoms with E-state index < -0.39 is 0 Å². The number of aromatic nitrogens is 1. The Morgan fingerprint density at radius 3 is 2.90 bits per heavy atom. The maximum atomic E-state index is 4.75. The van der Waals surface area contributed by atoms with Gasteiger partial charge < -0.3 is 5.32 Å². The second kappa shape index (κ2) is 7.01. The van der Waals surface area contributed by atoms with Gasteiger partial charge in [-0.25, -0.2) is 4.98 Å². The van der Waals surface area contributed by atoms with Crippen LogP contribution in [0.3, 0.4) is 0 Å². The lowest BCUT2D eigenvalue weighted by molar-refractivity contribution is 0.688. The summed E-state index contributed by atoms with van der Waals surface area (Å²) in [5.74, 6) is 0. The van der Waals surface area contributed by atoms with E-state index in [-0.39, 0.29) is 0 Å². The highest BCUT2D eigenvalue weighted by Gasteiger charge is 2.19. The molecule has 3 heteroatoms. The van der Waals surface area contributed by atoms with Gasteiger partial charge in [0.25, 0.3) is 0 Å². The molecule has 1 aromatic carbocycles. The van der Waals surface area contributed by atoms with Crippen molar-refractivity contribution in [1.82, 2.24) is 10.3 Å². The molecule has 0 aliphatic heterocycles. The first kappa shape index (κ1) is 14.5. The fourth-order valence-electron chi connectivity index (χ4n) is 2.34. The molecule has 0 unspecified atom stereocenters. The van der Waals surface area contributed by atoms with E-state index in [1.165, 1.54) is 29.0 Å². The van der Waals surface area contributed by atoms with Crippen LogP contribution >= 0.6 is 11.3 Å². The smallest absolute Gasteiger partial charge is 0.0973 e. The third-order valence-corrected chi connectivity index (χ3v) is 4.55. The minimum absolute atomic E-state index is 0.811. The van der Waals surface area contributed by atoms with E-state index >= 15 is 0 Å². The summed E-state index contributed by atoms with van der Waals surface area (Å²) in [7, 11) is 0. The number of hydrogen-bond acceptors (Lipinski definition) is 3. The monoisotopic (exact) mass is 298 g/mol. The standard InChI is InChI=1S/C18H22N2S/c1-14(6-5-11-19-16-9-10-16)12-18-20-17(13-21-18)15-7-3-2-4-8-15/h2-4,6-8,13,16,19H,5,9-12H2,1H3. The zero-order chi connectivity index (χ0) is 14.5. The van der Waals surface area contributed by atoms with Crippen LogP contribution in [0.1, 0.15) is 31.2 Å². The van der Waals surface area contributed by atoms with Gasteiger partial charge in [-0.15, -0.1) is 11.3 Å². The molecular weight excluding hydrogens is 276 g/mol. The molecule has 1 aliphatic carbocycles. The van der Waals surface area contributed by atoms with Crippen LogP contribution in [-0.4, -0.2) is 17.6 Å². The fraction of sp³-hybridized carbons (Fsp3) is 0.389. The average Bonchev–Trinajstić information content (AvgIpc) is 3.22. The van der Waals surface area contributed by atoms with Gasteiger partial charge in [0.2, 0.25) is 0 Å². The summed E-state index contributed by atoms with van der Waals surface area (Å²) in [6.45, 7) is 3.32. The second-order valence-corrected chi connectivity index (χ2v) is 6.68. The van der Waals surface area contributed by atoms with Gasteiger partial charge in [0.05, 0.1) is 10.7 Å². The molecule has 0 saturated heterocycles. The van der Waals surface area contributed by atoms with Crippen molar-refractivity contribution in [3.8, 4) is 11.3 Å². The van der Waals surface area contributed by atoms with Crippen LogP contribution in [0.15, 0.2) is 47.4 Å². The molecule has 0 atom stereocenters. The predicted molar refractivity (Wildman–Crippen MR) is 90.7 cm³/mol. The van der Waals surface area contributed by atoms with E-state index in [4.69, 9.17) is 4.98 Å². The van der Waals surface area contributed by atoms with Gasteiger partial charge in [-0.1, -0.05) is 42.0 Å². The van der Waals surface area contributed by atoms with Crippen molar-refractivity contribution in [2.75, 3.05) is 6.54 Å². The molecule has 2 nitrogen and oxygen atoms in total. The van der Waals surface area contributed by atoms with Crippen LogP contribution in [0.4, 0.5) is 0 Å². The Balaban J connectivity index is 1.52. The maximum Gasteiger partial charge on any atom is 0.0973 e. The molecule has 0 radical (unpaired) electrons. The van der Waals surface area contributed by atoms with Crippen molar-refractivity contribution in [2.24, 2.45) is 0 Å². The molecule has 1 aliphatic rings. The summed E-state index contributed by atoms with van der Waals surface area (Å²) in [6.07, 6.45) is 7.17.